The van der Waals surface area contributed by atoms with Crippen LogP contribution in [0.3, 0.4) is 0 Å². The minimum Gasteiger partial charge on any atom is -0.330 e. The highest BCUT2D eigenvalue weighted by Crippen LogP contribution is 2.35. The number of nitrogens with zero attached hydrogens (tertiary/aromatic N) is 2. The zero-order valence-electron chi connectivity index (χ0n) is 13.0. The molecule has 0 bridgehead atoms. The third-order valence-electron chi connectivity index (χ3n) is 4.23. The molecule has 0 aromatic rings. The molecule has 0 aliphatic carbocycles. The first-order valence-electron chi connectivity index (χ1n) is 6.93. The van der Waals surface area contributed by atoms with Crippen molar-refractivity contribution in [1.82, 2.24) is 9.96 Å². The van der Waals surface area contributed by atoms with E-state index >= 15 is 0 Å². The van der Waals surface area contributed by atoms with Gasteiger partial charge in [-0.2, -0.15) is 0 Å². The van der Waals surface area contributed by atoms with Crippen molar-refractivity contribution in [2.45, 2.75) is 39.3 Å². The van der Waals surface area contributed by atoms with Gasteiger partial charge in [0.1, 0.15) is 11.1 Å². The lowest BCUT2D eigenvalue weighted by Crippen LogP contribution is -2.67. The van der Waals surface area contributed by atoms with Crippen LogP contribution in [0.1, 0.15) is 33.6 Å². The fraction of sp³-hybridized carbons (Fsp3) is 0.500. The van der Waals surface area contributed by atoms with E-state index in [1.165, 1.54) is 20.8 Å². The Labute approximate surface area is 132 Å². The summed E-state index contributed by atoms with van der Waals surface area (Å²) >= 11 is 0. The smallest absolute Gasteiger partial charge is 0.330 e. The summed E-state index contributed by atoms with van der Waals surface area (Å²) in [6.07, 6.45) is 2.00. The lowest BCUT2D eigenvalue weighted by Gasteiger charge is -2.44. The number of nitrogens with two attached hydrogens (primary N) is 1. The minimum atomic E-state index is -1.73. The van der Waals surface area contributed by atoms with E-state index in [2.05, 4.69) is 0 Å². The fourth-order valence-electron chi connectivity index (χ4n) is 2.20. The maximum absolute atomic E-state index is 12.4. The van der Waals surface area contributed by atoms with Gasteiger partial charge in [0.2, 0.25) is 0 Å². The number of rotatable bonds is 4. The number of carbonyl (C=O) groups is 5. The quantitative estimate of drug-likeness (QED) is 0.672. The van der Waals surface area contributed by atoms with E-state index < -0.39 is 40.7 Å². The predicted molar refractivity (Wildman–Crippen MR) is 74.5 cm³/mol. The highest BCUT2D eigenvalue weighted by molar-refractivity contribution is 6.13. The van der Waals surface area contributed by atoms with Crippen LogP contribution in [0.2, 0.25) is 0 Å². The van der Waals surface area contributed by atoms with Crippen molar-refractivity contribution >= 4 is 29.6 Å². The molecule has 9 nitrogen and oxygen atoms in total. The second-order valence-corrected chi connectivity index (χ2v) is 6.08. The average Bonchev–Trinajstić information content (AvgIpc) is 2.95. The van der Waals surface area contributed by atoms with E-state index in [1.807, 2.05) is 0 Å². The predicted octanol–water partition coefficient (Wildman–Crippen LogP) is -0.780. The second-order valence-electron chi connectivity index (χ2n) is 6.08. The first kappa shape index (κ1) is 16.8. The first-order valence-corrected chi connectivity index (χ1v) is 6.93. The second kappa shape index (κ2) is 5.27. The zero-order valence-corrected chi connectivity index (χ0v) is 13.0. The standard InChI is InChI=1S/C14H17N3O6/c1-13(2,12(22)23-17-10(20)6-7-11(17)21)14(3,15)16-8(18)4-5-9(16)19/h4-5H,6-7,15H2,1-3H3. The third kappa shape index (κ3) is 2.52. The number of hydrogen-bond donors (Lipinski definition) is 1. The number of hydroxylamine groups is 2. The van der Waals surface area contributed by atoms with Crippen LogP contribution < -0.4 is 5.73 Å². The molecule has 1 unspecified atom stereocenters. The molecule has 1 fully saturated rings. The van der Waals surface area contributed by atoms with Gasteiger partial charge in [-0.25, -0.2) is 4.79 Å². The first-order chi connectivity index (χ1) is 10.5. The van der Waals surface area contributed by atoms with Crippen LogP contribution in [-0.4, -0.2) is 45.2 Å². The molecule has 1 atom stereocenters. The lowest BCUT2D eigenvalue weighted by atomic mass is 9.79. The van der Waals surface area contributed by atoms with E-state index in [-0.39, 0.29) is 12.8 Å². The summed E-state index contributed by atoms with van der Waals surface area (Å²) in [5.74, 6) is -3.58. The molecule has 0 aromatic carbocycles. The van der Waals surface area contributed by atoms with E-state index in [4.69, 9.17) is 10.6 Å². The molecule has 2 rings (SSSR count). The fourth-order valence-corrected chi connectivity index (χ4v) is 2.20. The van der Waals surface area contributed by atoms with E-state index in [0.29, 0.717) is 5.06 Å². The molecule has 23 heavy (non-hydrogen) atoms. The molecule has 1 saturated heterocycles. The Balaban J connectivity index is 2.24. The number of hydrogen-bond acceptors (Lipinski definition) is 7. The molecule has 0 aromatic heterocycles. The number of carbonyl (C=O) groups excluding carboxylic acids is 5. The highest BCUT2D eigenvalue weighted by Gasteiger charge is 2.54. The van der Waals surface area contributed by atoms with Crippen molar-refractivity contribution in [3.8, 4) is 0 Å². The lowest BCUT2D eigenvalue weighted by molar-refractivity contribution is -0.209. The largest absolute Gasteiger partial charge is 0.342 e. The molecular formula is C14H17N3O6. The summed E-state index contributed by atoms with van der Waals surface area (Å²) in [5, 5.41) is 0.395. The van der Waals surface area contributed by atoms with Crippen molar-refractivity contribution in [1.29, 1.82) is 0 Å². The van der Waals surface area contributed by atoms with Crippen molar-refractivity contribution in [2.24, 2.45) is 11.1 Å². The van der Waals surface area contributed by atoms with Crippen molar-refractivity contribution in [2.75, 3.05) is 0 Å². The Morgan fingerprint density at radius 2 is 1.48 bits per heavy atom. The summed E-state index contributed by atoms with van der Waals surface area (Å²) in [4.78, 5) is 64.7. The summed E-state index contributed by atoms with van der Waals surface area (Å²) in [7, 11) is 0. The molecule has 0 saturated carbocycles. The van der Waals surface area contributed by atoms with Crippen LogP contribution in [-0.2, 0) is 28.8 Å². The number of imide groups is 2. The van der Waals surface area contributed by atoms with E-state index in [9.17, 15) is 24.0 Å². The van der Waals surface area contributed by atoms with E-state index in [1.54, 1.807) is 0 Å². The van der Waals surface area contributed by atoms with Crippen molar-refractivity contribution in [3.63, 3.8) is 0 Å². The van der Waals surface area contributed by atoms with Crippen LogP contribution in [0.15, 0.2) is 12.2 Å². The molecule has 9 heteroatoms. The Morgan fingerprint density at radius 1 is 1.04 bits per heavy atom. The summed E-state index contributed by atoms with van der Waals surface area (Å²) < 4.78 is 0. The van der Waals surface area contributed by atoms with Gasteiger partial charge in [0, 0.05) is 25.0 Å². The van der Waals surface area contributed by atoms with Gasteiger partial charge in [-0.1, -0.05) is 0 Å². The van der Waals surface area contributed by atoms with Gasteiger partial charge < -0.3 is 10.6 Å². The van der Waals surface area contributed by atoms with Gasteiger partial charge in [0.15, 0.2) is 0 Å². The molecule has 2 heterocycles. The SMILES string of the molecule is CC(C)(C(=O)ON1C(=O)CCC1=O)C(C)(N)N1C(=O)C=CC1=O. The van der Waals surface area contributed by atoms with Gasteiger partial charge >= 0.3 is 5.97 Å². The van der Waals surface area contributed by atoms with Crippen LogP contribution in [0, 0.1) is 5.41 Å². The minimum absolute atomic E-state index is 0.0422. The molecule has 4 amide bonds. The monoisotopic (exact) mass is 323 g/mol. The summed E-state index contributed by atoms with van der Waals surface area (Å²) in [6, 6.07) is 0. The maximum Gasteiger partial charge on any atom is 0.342 e. The number of amides is 4. The van der Waals surface area contributed by atoms with E-state index in [0.717, 1.165) is 17.1 Å². The van der Waals surface area contributed by atoms with Crippen molar-refractivity contribution < 1.29 is 28.8 Å². The highest BCUT2D eigenvalue weighted by atomic mass is 16.7. The van der Waals surface area contributed by atoms with Gasteiger partial charge in [0.05, 0.1) is 0 Å². The van der Waals surface area contributed by atoms with Crippen molar-refractivity contribution in [3.05, 3.63) is 12.2 Å². The molecule has 0 spiro atoms. The molecule has 2 N–H and O–H groups in total. The van der Waals surface area contributed by atoms with Crippen LogP contribution in [0.5, 0.6) is 0 Å². The maximum atomic E-state index is 12.4. The summed E-state index contributed by atoms with van der Waals surface area (Å²) in [6.45, 7) is 4.04. The third-order valence-corrected chi connectivity index (χ3v) is 4.23. The summed E-state index contributed by atoms with van der Waals surface area (Å²) in [5.41, 5.74) is 2.78. The Morgan fingerprint density at radius 3 is 1.91 bits per heavy atom. The Bertz CT molecular complexity index is 615. The van der Waals surface area contributed by atoms with Crippen LogP contribution in [0.25, 0.3) is 0 Å². The van der Waals surface area contributed by atoms with Gasteiger partial charge in [-0.3, -0.25) is 24.1 Å². The molecule has 0 radical (unpaired) electrons. The Kier molecular flexibility index (Phi) is 3.85. The topological polar surface area (TPSA) is 127 Å². The zero-order chi connectivity index (χ0) is 17.6. The molecule has 124 valence electrons. The molecular weight excluding hydrogens is 306 g/mol. The average molecular weight is 323 g/mol. The van der Waals surface area contributed by atoms with Gasteiger partial charge in [-0.15, -0.1) is 5.06 Å². The van der Waals surface area contributed by atoms with Crippen LogP contribution in [0.4, 0.5) is 0 Å². The Hall–Kier alpha value is -2.55. The van der Waals surface area contributed by atoms with Crippen LogP contribution >= 0.6 is 0 Å². The molecule has 2 aliphatic heterocycles. The molecule has 2 aliphatic rings. The normalized spacial score (nSPS) is 21.2. The van der Waals surface area contributed by atoms with Gasteiger partial charge in [-0.05, 0) is 20.8 Å². The van der Waals surface area contributed by atoms with Gasteiger partial charge in [0.25, 0.3) is 23.6 Å².